The summed E-state index contributed by atoms with van der Waals surface area (Å²) in [5, 5.41) is 0. The first-order valence-electron chi connectivity index (χ1n) is 8.57. The highest BCUT2D eigenvalue weighted by atomic mass is 15.0. The molecular formula is C18H37N. The molecular weight excluding hydrogens is 230 g/mol. The zero-order valence-electron chi connectivity index (χ0n) is 13.8. The smallest absolute Gasteiger partial charge is 0.00248 e. The van der Waals surface area contributed by atoms with E-state index in [-0.39, 0.29) is 0 Å². The Hall–Kier alpha value is -0.300. The molecule has 0 atom stereocenters. The molecule has 0 aromatic rings. The lowest BCUT2D eigenvalue weighted by atomic mass is 10.1. The normalized spacial score (nSPS) is 11.8. The Morgan fingerprint density at radius 2 is 1.11 bits per heavy atom. The first-order chi connectivity index (χ1) is 9.27. The summed E-state index contributed by atoms with van der Waals surface area (Å²) >= 11 is 0. The van der Waals surface area contributed by atoms with Gasteiger partial charge in [-0.3, -0.25) is 0 Å². The van der Waals surface area contributed by atoms with Gasteiger partial charge in [0.1, 0.15) is 0 Å². The maximum absolute atomic E-state index is 2.40. The molecule has 0 radical (unpaired) electrons. The molecule has 0 heterocycles. The molecule has 114 valence electrons. The first-order valence-corrected chi connectivity index (χ1v) is 8.57. The van der Waals surface area contributed by atoms with Gasteiger partial charge in [-0.1, -0.05) is 64.0 Å². The summed E-state index contributed by atoms with van der Waals surface area (Å²) in [6.45, 7) is 3.52. The van der Waals surface area contributed by atoms with Gasteiger partial charge < -0.3 is 4.90 Å². The van der Waals surface area contributed by atoms with Gasteiger partial charge in [-0.25, -0.2) is 0 Å². The summed E-state index contributed by atoms with van der Waals surface area (Å²) in [6.07, 6.45) is 21.4. The van der Waals surface area contributed by atoms with Crippen molar-refractivity contribution in [2.24, 2.45) is 0 Å². The molecule has 0 aromatic heterocycles. The molecule has 0 unspecified atom stereocenters. The SMILES string of the molecule is CCCCCCCCC/C=C/CCCCCN(C)C. The fraction of sp³-hybridized carbons (Fsp3) is 0.889. The number of nitrogens with zero attached hydrogens (tertiary/aromatic N) is 1. The van der Waals surface area contributed by atoms with Gasteiger partial charge in [-0.2, -0.15) is 0 Å². The number of allylic oxidation sites excluding steroid dienone is 2. The Morgan fingerprint density at radius 3 is 1.63 bits per heavy atom. The predicted molar refractivity (Wildman–Crippen MR) is 88.8 cm³/mol. The summed E-state index contributed by atoms with van der Waals surface area (Å²) in [4.78, 5) is 2.27. The average molecular weight is 268 g/mol. The highest BCUT2D eigenvalue weighted by Gasteiger charge is 1.91. The van der Waals surface area contributed by atoms with Crippen molar-refractivity contribution in [2.45, 2.75) is 84.0 Å². The minimum Gasteiger partial charge on any atom is -0.309 e. The quantitative estimate of drug-likeness (QED) is 0.284. The maximum Gasteiger partial charge on any atom is -0.00248 e. The van der Waals surface area contributed by atoms with Gasteiger partial charge in [0.05, 0.1) is 0 Å². The molecule has 0 amide bonds. The van der Waals surface area contributed by atoms with Gasteiger partial charge in [-0.05, 0) is 52.7 Å². The maximum atomic E-state index is 2.40. The van der Waals surface area contributed by atoms with Crippen molar-refractivity contribution in [1.82, 2.24) is 4.90 Å². The van der Waals surface area contributed by atoms with Crippen molar-refractivity contribution < 1.29 is 0 Å². The molecule has 0 aliphatic heterocycles. The fourth-order valence-corrected chi connectivity index (χ4v) is 2.32. The topological polar surface area (TPSA) is 3.24 Å². The van der Waals surface area contributed by atoms with Gasteiger partial charge in [-0.15, -0.1) is 0 Å². The molecule has 0 fully saturated rings. The Kier molecular flexibility index (Phi) is 15.5. The second-order valence-corrected chi connectivity index (χ2v) is 6.03. The number of hydrogen-bond donors (Lipinski definition) is 0. The van der Waals surface area contributed by atoms with E-state index in [9.17, 15) is 0 Å². The van der Waals surface area contributed by atoms with E-state index in [0.29, 0.717) is 0 Å². The van der Waals surface area contributed by atoms with Crippen LogP contribution in [0.4, 0.5) is 0 Å². The average Bonchev–Trinajstić information content (AvgIpc) is 2.39. The highest BCUT2D eigenvalue weighted by Crippen LogP contribution is 2.09. The van der Waals surface area contributed by atoms with E-state index >= 15 is 0 Å². The Labute approximate surface area is 122 Å². The van der Waals surface area contributed by atoms with Crippen LogP contribution in [0.1, 0.15) is 84.0 Å². The molecule has 0 aromatic carbocycles. The van der Waals surface area contributed by atoms with Crippen LogP contribution in [0.25, 0.3) is 0 Å². The Balaban J connectivity index is 3.05. The van der Waals surface area contributed by atoms with E-state index in [1.165, 1.54) is 83.6 Å². The van der Waals surface area contributed by atoms with Crippen molar-refractivity contribution in [3.8, 4) is 0 Å². The molecule has 0 rings (SSSR count). The second-order valence-electron chi connectivity index (χ2n) is 6.03. The lowest BCUT2D eigenvalue weighted by molar-refractivity contribution is 0.392. The Bertz CT molecular complexity index is 184. The number of unbranched alkanes of at least 4 members (excludes halogenated alkanes) is 10. The first kappa shape index (κ1) is 18.7. The lowest BCUT2D eigenvalue weighted by Gasteiger charge is -2.07. The van der Waals surface area contributed by atoms with Crippen molar-refractivity contribution in [1.29, 1.82) is 0 Å². The van der Waals surface area contributed by atoms with E-state index in [0.717, 1.165) is 0 Å². The van der Waals surface area contributed by atoms with E-state index in [4.69, 9.17) is 0 Å². The summed E-state index contributed by atoms with van der Waals surface area (Å²) in [6, 6.07) is 0. The third kappa shape index (κ3) is 17.7. The summed E-state index contributed by atoms with van der Waals surface area (Å²) in [5.74, 6) is 0. The zero-order valence-corrected chi connectivity index (χ0v) is 13.8. The number of rotatable bonds is 14. The minimum atomic E-state index is 1.24. The van der Waals surface area contributed by atoms with Crippen LogP contribution in [0.15, 0.2) is 12.2 Å². The molecule has 0 spiro atoms. The molecule has 0 saturated heterocycles. The zero-order chi connectivity index (χ0) is 14.2. The molecule has 0 aliphatic rings. The minimum absolute atomic E-state index is 1.24. The standard InChI is InChI=1S/C18H37N/c1-4-5-6-7-8-9-10-11-12-13-14-15-16-17-18-19(2)3/h12-13H,4-11,14-18H2,1-3H3/b13-12+. The second kappa shape index (κ2) is 15.8. The lowest BCUT2D eigenvalue weighted by Crippen LogP contribution is -2.12. The number of hydrogen-bond acceptors (Lipinski definition) is 1. The van der Waals surface area contributed by atoms with Gasteiger partial charge >= 0.3 is 0 Å². The van der Waals surface area contributed by atoms with E-state index in [1.807, 2.05) is 0 Å². The molecule has 1 heteroatoms. The third-order valence-electron chi connectivity index (χ3n) is 3.62. The Morgan fingerprint density at radius 1 is 0.632 bits per heavy atom. The molecule has 0 N–H and O–H groups in total. The monoisotopic (exact) mass is 267 g/mol. The van der Waals surface area contributed by atoms with E-state index in [2.05, 4.69) is 38.1 Å². The van der Waals surface area contributed by atoms with Crippen LogP contribution in [0.2, 0.25) is 0 Å². The summed E-state index contributed by atoms with van der Waals surface area (Å²) in [5.41, 5.74) is 0. The van der Waals surface area contributed by atoms with Crippen LogP contribution in [0.3, 0.4) is 0 Å². The fourth-order valence-electron chi connectivity index (χ4n) is 2.32. The van der Waals surface area contributed by atoms with Crippen LogP contribution in [-0.2, 0) is 0 Å². The molecule has 1 nitrogen and oxygen atoms in total. The van der Waals surface area contributed by atoms with Crippen LogP contribution in [-0.4, -0.2) is 25.5 Å². The van der Waals surface area contributed by atoms with E-state index < -0.39 is 0 Å². The molecule has 19 heavy (non-hydrogen) atoms. The predicted octanol–water partition coefficient (Wildman–Crippen LogP) is 5.81. The van der Waals surface area contributed by atoms with Crippen molar-refractivity contribution in [2.75, 3.05) is 20.6 Å². The van der Waals surface area contributed by atoms with Crippen LogP contribution in [0.5, 0.6) is 0 Å². The molecule has 0 bridgehead atoms. The van der Waals surface area contributed by atoms with Gasteiger partial charge in [0, 0.05) is 0 Å². The van der Waals surface area contributed by atoms with Gasteiger partial charge in [0.15, 0.2) is 0 Å². The van der Waals surface area contributed by atoms with E-state index in [1.54, 1.807) is 0 Å². The van der Waals surface area contributed by atoms with Crippen LogP contribution < -0.4 is 0 Å². The molecule has 0 aliphatic carbocycles. The third-order valence-corrected chi connectivity index (χ3v) is 3.62. The largest absolute Gasteiger partial charge is 0.309 e. The van der Waals surface area contributed by atoms with Crippen molar-refractivity contribution in [3.05, 3.63) is 12.2 Å². The summed E-state index contributed by atoms with van der Waals surface area (Å²) < 4.78 is 0. The highest BCUT2D eigenvalue weighted by molar-refractivity contribution is 4.81. The molecule has 0 saturated carbocycles. The van der Waals surface area contributed by atoms with Gasteiger partial charge in [0.2, 0.25) is 0 Å². The van der Waals surface area contributed by atoms with Crippen molar-refractivity contribution in [3.63, 3.8) is 0 Å². The van der Waals surface area contributed by atoms with Crippen LogP contribution in [0, 0.1) is 0 Å². The summed E-state index contributed by atoms with van der Waals surface area (Å²) in [7, 11) is 4.31. The van der Waals surface area contributed by atoms with Crippen LogP contribution >= 0.6 is 0 Å². The van der Waals surface area contributed by atoms with Gasteiger partial charge in [0.25, 0.3) is 0 Å². The van der Waals surface area contributed by atoms with Crippen molar-refractivity contribution >= 4 is 0 Å².